The zero-order valence-electron chi connectivity index (χ0n) is 15.9. The predicted octanol–water partition coefficient (Wildman–Crippen LogP) is 2.33. The number of nitrogen functional groups attached to an aromatic ring is 1. The summed E-state index contributed by atoms with van der Waals surface area (Å²) in [6.45, 7) is 5.56. The standard InChI is InChI=1S/C19H28ClN3O4/c1-3-27-18(24)5-4-7-23-8-6-13(12-23)11-22-19(25)14-9-15(20)16(21)10-17(14)26-2/h9-10,13H,3-8,11-12,21H2,1-2H3,(H,22,25). The molecule has 0 bridgehead atoms. The van der Waals surface area contributed by atoms with E-state index in [-0.39, 0.29) is 11.9 Å². The van der Waals surface area contributed by atoms with Crippen molar-refractivity contribution in [1.29, 1.82) is 0 Å². The maximum absolute atomic E-state index is 12.5. The molecule has 2 rings (SSSR count). The largest absolute Gasteiger partial charge is 0.496 e. The van der Waals surface area contributed by atoms with Crippen LogP contribution in [0, 0.1) is 5.92 Å². The number of methoxy groups -OCH3 is 1. The van der Waals surface area contributed by atoms with Gasteiger partial charge in [0.15, 0.2) is 0 Å². The van der Waals surface area contributed by atoms with Crippen LogP contribution in [0.4, 0.5) is 5.69 Å². The van der Waals surface area contributed by atoms with Crippen molar-refractivity contribution in [2.75, 3.05) is 45.6 Å². The highest BCUT2D eigenvalue weighted by Crippen LogP contribution is 2.28. The van der Waals surface area contributed by atoms with Crippen molar-refractivity contribution in [2.24, 2.45) is 5.92 Å². The lowest BCUT2D eigenvalue weighted by Gasteiger charge is -2.16. The summed E-state index contributed by atoms with van der Waals surface area (Å²) in [5, 5.41) is 3.28. The Morgan fingerprint density at radius 1 is 1.41 bits per heavy atom. The minimum Gasteiger partial charge on any atom is -0.496 e. The summed E-state index contributed by atoms with van der Waals surface area (Å²) < 4.78 is 10.2. The SMILES string of the molecule is CCOC(=O)CCCN1CCC(CNC(=O)c2cc(Cl)c(N)cc2OC)C1. The van der Waals surface area contributed by atoms with E-state index in [1.165, 1.54) is 13.2 Å². The third kappa shape index (κ3) is 6.29. The molecule has 1 heterocycles. The highest BCUT2D eigenvalue weighted by Gasteiger charge is 2.23. The van der Waals surface area contributed by atoms with Crippen molar-refractivity contribution in [3.8, 4) is 5.75 Å². The van der Waals surface area contributed by atoms with Crippen molar-refractivity contribution in [1.82, 2.24) is 10.2 Å². The molecule has 7 nitrogen and oxygen atoms in total. The molecule has 3 N–H and O–H groups in total. The molecule has 0 radical (unpaired) electrons. The van der Waals surface area contributed by atoms with Crippen molar-refractivity contribution in [2.45, 2.75) is 26.2 Å². The summed E-state index contributed by atoms with van der Waals surface area (Å²) in [6, 6.07) is 3.08. The highest BCUT2D eigenvalue weighted by atomic mass is 35.5. The first-order valence-corrected chi connectivity index (χ1v) is 9.61. The van der Waals surface area contributed by atoms with E-state index in [1.807, 2.05) is 6.92 Å². The molecule has 1 aliphatic rings. The number of carbonyl (C=O) groups excluding carboxylic acids is 2. The Balaban J connectivity index is 1.77. The number of hydrogen-bond acceptors (Lipinski definition) is 6. The first kappa shape index (κ1) is 21.3. The van der Waals surface area contributed by atoms with Gasteiger partial charge in [-0.15, -0.1) is 0 Å². The molecule has 1 aliphatic heterocycles. The van der Waals surface area contributed by atoms with Crippen molar-refractivity contribution in [3.05, 3.63) is 22.7 Å². The zero-order valence-corrected chi connectivity index (χ0v) is 16.7. The topological polar surface area (TPSA) is 93.9 Å². The molecule has 1 atom stereocenters. The summed E-state index contributed by atoms with van der Waals surface area (Å²) in [5.74, 6) is 0.416. The molecule has 0 spiro atoms. The maximum Gasteiger partial charge on any atom is 0.305 e. The van der Waals surface area contributed by atoms with Crippen LogP contribution in [0.25, 0.3) is 0 Å². The number of nitrogens with zero attached hydrogens (tertiary/aromatic N) is 1. The molecule has 1 unspecified atom stereocenters. The van der Waals surface area contributed by atoms with E-state index in [9.17, 15) is 9.59 Å². The molecule has 1 saturated heterocycles. The number of carbonyl (C=O) groups is 2. The van der Waals surface area contributed by atoms with Gasteiger partial charge in [-0.3, -0.25) is 9.59 Å². The van der Waals surface area contributed by atoms with Gasteiger partial charge in [0.25, 0.3) is 5.91 Å². The quantitative estimate of drug-likeness (QED) is 0.490. The number of nitrogens with two attached hydrogens (primary N) is 1. The van der Waals surface area contributed by atoms with Crippen LogP contribution in [-0.4, -0.2) is 56.7 Å². The minimum absolute atomic E-state index is 0.142. The number of amides is 1. The number of esters is 1. The van der Waals surface area contributed by atoms with E-state index in [1.54, 1.807) is 6.07 Å². The number of anilines is 1. The lowest BCUT2D eigenvalue weighted by Crippen LogP contribution is -2.31. The van der Waals surface area contributed by atoms with E-state index in [4.69, 9.17) is 26.8 Å². The van der Waals surface area contributed by atoms with E-state index in [2.05, 4.69) is 10.2 Å². The molecule has 1 aromatic rings. The lowest BCUT2D eigenvalue weighted by atomic mass is 10.1. The maximum atomic E-state index is 12.5. The molecule has 0 saturated carbocycles. The van der Waals surface area contributed by atoms with Gasteiger partial charge in [0.2, 0.25) is 0 Å². The van der Waals surface area contributed by atoms with Crippen LogP contribution in [0.1, 0.15) is 36.5 Å². The fourth-order valence-electron chi connectivity index (χ4n) is 3.21. The van der Waals surface area contributed by atoms with Crippen LogP contribution in [0.15, 0.2) is 12.1 Å². The molecule has 27 heavy (non-hydrogen) atoms. The van der Waals surface area contributed by atoms with Crippen LogP contribution < -0.4 is 15.8 Å². The second-order valence-corrected chi connectivity index (χ2v) is 7.06. The van der Waals surface area contributed by atoms with Gasteiger partial charge in [-0.05, 0) is 44.8 Å². The number of ether oxygens (including phenoxy) is 2. The summed E-state index contributed by atoms with van der Waals surface area (Å²) in [4.78, 5) is 26.2. The van der Waals surface area contributed by atoms with E-state index in [0.29, 0.717) is 47.5 Å². The summed E-state index contributed by atoms with van der Waals surface area (Å²) in [6.07, 6.45) is 2.25. The Kier molecular flexibility index (Phi) is 8.19. The molecular weight excluding hydrogens is 370 g/mol. The second kappa shape index (κ2) is 10.4. The van der Waals surface area contributed by atoms with Crippen LogP contribution in [-0.2, 0) is 9.53 Å². The molecule has 0 aliphatic carbocycles. The molecule has 1 aromatic carbocycles. The first-order valence-electron chi connectivity index (χ1n) is 9.23. The van der Waals surface area contributed by atoms with E-state index < -0.39 is 0 Å². The van der Waals surface area contributed by atoms with Gasteiger partial charge in [0.1, 0.15) is 5.75 Å². The average molecular weight is 398 g/mol. The van der Waals surface area contributed by atoms with E-state index >= 15 is 0 Å². The van der Waals surface area contributed by atoms with Crippen LogP contribution >= 0.6 is 11.6 Å². The Morgan fingerprint density at radius 3 is 2.89 bits per heavy atom. The highest BCUT2D eigenvalue weighted by molar-refractivity contribution is 6.33. The third-order valence-corrected chi connectivity index (χ3v) is 4.97. The number of nitrogens with one attached hydrogen (secondary N) is 1. The Labute approximate surface area is 165 Å². The minimum atomic E-state index is -0.227. The molecular formula is C19H28ClN3O4. The van der Waals surface area contributed by atoms with Gasteiger partial charge in [0.05, 0.1) is 30.0 Å². The number of halogens is 1. The predicted molar refractivity (Wildman–Crippen MR) is 105 cm³/mol. The van der Waals surface area contributed by atoms with Crippen LogP contribution in [0.5, 0.6) is 5.75 Å². The number of benzene rings is 1. The smallest absolute Gasteiger partial charge is 0.305 e. The molecule has 8 heteroatoms. The monoisotopic (exact) mass is 397 g/mol. The molecule has 1 fully saturated rings. The Hall–Kier alpha value is -1.99. The van der Waals surface area contributed by atoms with Gasteiger partial charge >= 0.3 is 5.97 Å². The fraction of sp³-hybridized carbons (Fsp3) is 0.579. The summed E-state index contributed by atoms with van der Waals surface area (Å²) in [5.41, 5.74) is 6.50. The van der Waals surface area contributed by atoms with Crippen molar-refractivity contribution >= 4 is 29.2 Å². The van der Waals surface area contributed by atoms with Crippen LogP contribution in [0.3, 0.4) is 0 Å². The molecule has 0 aromatic heterocycles. The second-order valence-electron chi connectivity index (χ2n) is 6.65. The van der Waals surface area contributed by atoms with Gasteiger partial charge in [-0.2, -0.15) is 0 Å². The third-order valence-electron chi connectivity index (χ3n) is 4.65. The zero-order chi connectivity index (χ0) is 19.8. The van der Waals surface area contributed by atoms with Crippen molar-refractivity contribution in [3.63, 3.8) is 0 Å². The Bertz CT molecular complexity index is 669. The number of hydrogen-bond donors (Lipinski definition) is 2. The fourth-order valence-corrected chi connectivity index (χ4v) is 3.37. The first-order chi connectivity index (χ1) is 12.9. The number of rotatable bonds is 9. The van der Waals surface area contributed by atoms with Gasteiger partial charge in [-0.1, -0.05) is 11.6 Å². The normalized spacial score (nSPS) is 16.9. The van der Waals surface area contributed by atoms with Gasteiger partial charge < -0.3 is 25.4 Å². The molecule has 1 amide bonds. The van der Waals surface area contributed by atoms with Gasteiger partial charge in [0, 0.05) is 25.6 Å². The Morgan fingerprint density at radius 2 is 2.19 bits per heavy atom. The average Bonchev–Trinajstić information content (AvgIpc) is 3.09. The van der Waals surface area contributed by atoms with Gasteiger partial charge in [-0.25, -0.2) is 0 Å². The lowest BCUT2D eigenvalue weighted by molar-refractivity contribution is -0.143. The van der Waals surface area contributed by atoms with E-state index in [0.717, 1.165) is 32.5 Å². The summed E-state index contributed by atoms with van der Waals surface area (Å²) >= 11 is 6.02. The molecule has 150 valence electrons. The number of likely N-dealkylation sites (tertiary alicyclic amines) is 1. The summed E-state index contributed by atoms with van der Waals surface area (Å²) in [7, 11) is 1.49. The van der Waals surface area contributed by atoms with Crippen molar-refractivity contribution < 1.29 is 19.1 Å². The van der Waals surface area contributed by atoms with Crippen LogP contribution in [0.2, 0.25) is 5.02 Å².